The molecule has 1 aromatic rings. The Balaban J connectivity index is 1.26. The molecule has 0 unspecified atom stereocenters. The highest BCUT2D eigenvalue weighted by molar-refractivity contribution is 5.96. The van der Waals surface area contributed by atoms with Crippen molar-refractivity contribution in [2.75, 3.05) is 6.54 Å². The zero-order chi connectivity index (χ0) is 19.1. The topological polar surface area (TPSA) is 49.4 Å². The highest BCUT2D eigenvalue weighted by atomic mass is 16.2. The van der Waals surface area contributed by atoms with Gasteiger partial charge in [-0.3, -0.25) is 9.59 Å². The molecule has 4 heteroatoms. The zero-order valence-corrected chi connectivity index (χ0v) is 16.5. The Morgan fingerprint density at radius 3 is 2.29 bits per heavy atom. The molecule has 4 aliphatic carbocycles. The third-order valence-electron chi connectivity index (χ3n) is 7.48. The average molecular weight is 379 g/mol. The Bertz CT molecular complexity index is 750. The molecule has 1 saturated heterocycles. The molecule has 1 aliphatic heterocycles. The van der Waals surface area contributed by atoms with E-state index in [9.17, 15) is 9.59 Å². The summed E-state index contributed by atoms with van der Waals surface area (Å²) in [7, 11) is 0. The lowest BCUT2D eigenvalue weighted by Gasteiger charge is -2.57. The predicted molar refractivity (Wildman–Crippen MR) is 109 cm³/mol. The quantitative estimate of drug-likeness (QED) is 0.811. The van der Waals surface area contributed by atoms with Gasteiger partial charge in [0, 0.05) is 18.2 Å². The second-order valence-corrected chi connectivity index (χ2v) is 9.62. The number of amides is 2. The van der Waals surface area contributed by atoms with Gasteiger partial charge < -0.3 is 10.2 Å². The zero-order valence-electron chi connectivity index (χ0n) is 16.5. The van der Waals surface area contributed by atoms with Crippen LogP contribution in [0.5, 0.6) is 0 Å². The minimum Gasteiger partial charge on any atom is -0.349 e. The molecule has 2 amide bonds. The molecule has 6 rings (SSSR count). The number of nitrogens with zero attached hydrogens (tertiary/aromatic N) is 1. The maximum atomic E-state index is 13.2. The van der Waals surface area contributed by atoms with Crippen LogP contribution in [0.3, 0.4) is 0 Å². The third-order valence-corrected chi connectivity index (χ3v) is 7.48. The number of carbonyl (C=O) groups excluding carboxylic acids is 2. The highest BCUT2D eigenvalue weighted by Crippen LogP contribution is 2.55. The number of benzene rings is 1. The molecule has 1 aromatic carbocycles. The van der Waals surface area contributed by atoms with E-state index in [0.29, 0.717) is 6.54 Å². The first-order chi connectivity index (χ1) is 13.6. The molecular weight excluding hydrogens is 348 g/mol. The number of rotatable bonds is 4. The van der Waals surface area contributed by atoms with E-state index in [1.165, 1.54) is 19.3 Å². The molecular formula is C24H30N2O2. The van der Waals surface area contributed by atoms with Crippen molar-refractivity contribution in [1.29, 1.82) is 0 Å². The van der Waals surface area contributed by atoms with Crippen LogP contribution >= 0.6 is 0 Å². The van der Waals surface area contributed by atoms with Crippen molar-refractivity contribution >= 4 is 17.9 Å². The fraction of sp³-hybridized carbons (Fsp3) is 0.583. The summed E-state index contributed by atoms with van der Waals surface area (Å²) in [6.07, 6.45) is 12.7. The van der Waals surface area contributed by atoms with Gasteiger partial charge >= 0.3 is 0 Å². The maximum Gasteiger partial charge on any atom is 0.247 e. The number of carbonyl (C=O) groups is 2. The van der Waals surface area contributed by atoms with Crippen LogP contribution in [-0.2, 0) is 9.59 Å². The van der Waals surface area contributed by atoms with Crippen molar-refractivity contribution in [2.24, 2.45) is 17.8 Å². The minimum absolute atomic E-state index is 0.0169. The molecule has 4 saturated carbocycles. The molecule has 4 bridgehead atoms. The van der Waals surface area contributed by atoms with Crippen LogP contribution in [0.1, 0.15) is 56.9 Å². The van der Waals surface area contributed by atoms with Crippen LogP contribution in [0.25, 0.3) is 6.08 Å². The standard InChI is InChI=1S/C24H30N2O2/c27-22(9-8-17-5-2-1-3-6-17)26-10-4-7-21(26)23(28)25-24-14-18-11-19(15-24)13-20(12-18)16-24/h1-3,5-6,8-9,18-21H,4,7,10-16H2,(H,25,28)/b9-8+/t18?,19?,20?,21-,24?/m0/s1. The molecule has 0 aromatic heterocycles. The van der Waals surface area contributed by atoms with Crippen molar-refractivity contribution in [3.8, 4) is 0 Å². The molecule has 5 fully saturated rings. The lowest BCUT2D eigenvalue weighted by atomic mass is 9.53. The van der Waals surface area contributed by atoms with Gasteiger partial charge in [-0.25, -0.2) is 0 Å². The summed E-state index contributed by atoms with van der Waals surface area (Å²) in [5, 5.41) is 3.47. The summed E-state index contributed by atoms with van der Waals surface area (Å²) in [5.41, 5.74) is 1.02. The average Bonchev–Trinajstić information content (AvgIpc) is 3.16. The number of hydrogen-bond donors (Lipinski definition) is 1. The molecule has 4 nitrogen and oxygen atoms in total. The molecule has 148 valence electrons. The van der Waals surface area contributed by atoms with Gasteiger partial charge in [0.05, 0.1) is 0 Å². The summed E-state index contributed by atoms with van der Waals surface area (Å²) >= 11 is 0. The second-order valence-electron chi connectivity index (χ2n) is 9.62. The molecule has 0 radical (unpaired) electrons. The summed E-state index contributed by atoms with van der Waals surface area (Å²) < 4.78 is 0. The van der Waals surface area contributed by atoms with Gasteiger partial charge in [-0.15, -0.1) is 0 Å². The van der Waals surface area contributed by atoms with Crippen molar-refractivity contribution in [2.45, 2.75) is 62.9 Å². The van der Waals surface area contributed by atoms with Gasteiger partial charge in [-0.1, -0.05) is 30.3 Å². The van der Waals surface area contributed by atoms with E-state index < -0.39 is 0 Å². The van der Waals surface area contributed by atoms with Crippen LogP contribution in [0.15, 0.2) is 36.4 Å². The van der Waals surface area contributed by atoms with E-state index in [-0.39, 0.29) is 23.4 Å². The molecule has 1 N–H and O–H groups in total. The van der Waals surface area contributed by atoms with Crippen LogP contribution in [0, 0.1) is 17.8 Å². The Kier molecular flexibility index (Phi) is 4.53. The van der Waals surface area contributed by atoms with Crippen LogP contribution in [0.2, 0.25) is 0 Å². The van der Waals surface area contributed by atoms with Gasteiger partial charge in [0.2, 0.25) is 11.8 Å². The van der Waals surface area contributed by atoms with Gasteiger partial charge in [0.25, 0.3) is 0 Å². The summed E-state index contributed by atoms with van der Waals surface area (Å²) in [5.74, 6) is 2.46. The van der Waals surface area contributed by atoms with E-state index in [0.717, 1.165) is 55.4 Å². The van der Waals surface area contributed by atoms with Crippen LogP contribution in [0.4, 0.5) is 0 Å². The summed E-state index contributed by atoms with van der Waals surface area (Å²) in [4.78, 5) is 27.7. The maximum absolute atomic E-state index is 13.2. The first kappa shape index (κ1) is 18.0. The Morgan fingerprint density at radius 1 is 1.00 bits per heavy atom. The van der Waals surface area contributed by atoms with Gasteiger partial charge in [0.1, 0.15) is 6.04 Å². The van der Waals surface area contributed by atoms with Gasteiger partial charge in [-0.2, -0.15) is 0 Å². The Labute approximate surface area is 167 Å². The van der Waals surface area contributed by atoms with E-state index in [2.05, 4.69) is 5.32 Å². The SMILES string of the molecule is O=C(NC12CC3CC(CC(C3)C1)C2)[C@@H]1CCCN1C(=O)/C=C/c1ccccc1. The van der Waals surface area contributed by atoms with Gasteiger partial charge in [0.15, 0.2) is 0 Å². The summed E-state index contributed by atoms with van der Waals surface area (Å²) in [6, 6.07) is 9.53. The summed E-state index contributed by atoms with van der Waals surface area (Å²) in [6.45, 7) is 0.678. The van der Waals surface area contributed by atoms with Crippen molar-refractivity contribution in [1.82, 2.24) is 10.2 Å². The van der Waals surface area contributed by atoms with Crippen molar-refractivity contribution in [3.63, 3.8) is 0 Å². The molecule has 0 spiro atoms. The Hall–Kier alpha value is -2.10. The van der Waals surface area contributed by atoms with Crippen LogP contribution in [-0.4, -0.2) is 34.8 Å². The largest absolute Gasteiger partial charge is 0.349 e. The van der Waals surface area contributed by atoms with E-state index in [1.54, 1.807) is 11.0 Å². The number of nitrogens with one attached hydrogen (secondary N) is 1. The van der Waals surface area contributed by atoms with Crippen LogP contribution < -0.4 is 5.32 Å². The molecule has 1 heterocycles. The fourth-order valence-corrected chi connectivity index (χ4v) is 6.74. The first-order valence-electron chi connectivity index (χ1n) is 11.0. The number of hydrogen-bond acceptors (Lipinski definition) is 2. The Morgan fingerprint density at radius 2 is 1.64 bits per heavy atom. The lowest BCUT2D eigenvalue weighted by molar-refractivity contribution is -0.138. The third kappa shape index (κ3) is 3.38. The number of likely N-dealkylation sites (tertiary alicyclic amines) is 1. The first-order valence-corrected chi connectivity index (χ1v) is 11.0. The monoisotopic (exact) mass is 378 g/mol. The smallest absolute Gasteiger partial charge is 0.247 e. The van der Waals surface area contributed by atoms with E-state index >= 15 is 0 Å². The normalized spacial score (nSPS) is 36.2. The molecule has 5 aliphatic rings. The molecule has 1 atom stereocenters. The highest BCUT2D eigenvalue weighted by Gasteiger charge is 2.52. The molecule has 28 heavy (non-hydrogen) atoms. The van der Waals surface area contributed by atoms with Crippen molar-refractivity contribution < 1.29 is 9.59 Å². The van der Waals surface area contributed by atoms with Gasteiger partial charge in [-0.05, 0) is 80.8 Å². The predicted octanol–water partition coefficient (Wildman–Crippen LogP) is 3.78. The second kappa shape index (κ2) is 7.06. The minimum atomic E-state index is -0.305. The van der Waals surface area contributed by atoms with Crippen molar-refractivity contribution in [3.05, 3.63) is 42.0 Å². The van der Waals surface area contributed by atoms with E-state index in [4.69, 9.17) is 0 Å². The lowest BCUT2D eigenvalue weighted by Crippen LogP contribution is -2.62. The van der Waals surface area contributed by atoms with E-state index in [1.807, 2.05) is 36.4 Å². The fourth-order valence-electron chi connectivity index (χ4n) is 6.74.